The van der Waals surface area contributed by atoms with E-state index < -0.39 is 11.9 Å². The first-order chi connectivity index (χ1) is 9.40. The SMILES string of the molecule is C=C(C)C(=O)OCCO.C=C(CC=CC#N)C(=O)OC. The van der Waals surface area contributed by atoms with Crippen molar-refractivity contribution < 1.29 is 24.2 Å². The maximum atomic E-state index is 10.7. The zero-order valence-electron chi connectivity index (χ0n) is 11.7. The van der Waals surface area contributed by atoms with Gasteiger partial charge in [-0.25, -0.2) is 9.59 Å². The summed E-state index contributed by atoms with van der Waals surface area (Å²) in [6.07, 6.45) is 3.22. The van der Waals surface area contributed by atoms with Crippen LogP contribution in [-0.2, 0) is 19.1 Å². The van der Waals surface area contributed by atoms with Crippen LogP contribution in [0.5, 0.6) is 0 Å². The van der Waals surface area contributed by atoms with Crippen molar-refractivity contribution in [2.75, 3.05) is 20.3 Å². The molecule has 0 aromatic carbocycles. The van der Waals surface area contributed by atoms with E-state index in [2.05, 4.69) is 22.6 Å². The number of nitriles is 1. The minimum Gasteiger partial charge on any atom is -0.466 e. The molecular formula is C14H19NO5. The summed E-state index contributed by atoms with van der Waals surface area (Å²) in [5, 5.41) is 16.3. The van der Waals surface area contributed by atoms with Crippen LogP contribution in [0.3, 0.4) is 0 Å². The number of aliphatic hydroxyl groups excluding tert-OH is 1. The Balaban J connectivity index is 0. The Morgan fingerprint density at radius 1 is 1.35 bits per heavy atom. The van der Waals surface area contributed by atoms with E-state index in [0.717, 1.165) is 0 Å². The molecule has 6 nitrogen and oxygen atoms in total. The lowest BCUT2D eigenvalue weighted by atomic mass is 10.2. The van der Waals surface area contributed by atoms with Gasteiger partial charge in [-0.05, 0) is 13.3 Å². The van der Waals surface area contributed by atoms with E-state index in [4.69, 9.17) is 10.4 Å². The minimum absolute atomic E-state index is 0.0473. The van der Waals surface area contributed by atoms with Crippen molar-refractivity contribution >= 4 is 11.9 Å². The molecule has 0 heterocycles. The number of carbonyl (C=O) groups excluding carboxylic acids is 2. The van der Waals surface area contributed by atoms with Crippen LogP contribution in [0.1, 0.15) is 13.3 Å². The Kier molecular flexibility index (Phi) is 13.0. The van der Waals surface area contributed by atoms with Crippen molar-refractivity contribution in [3.8, 4) is 6.07 Å². The lowest BCUT2D eigenvalue weighted by molar-refractivity contribution is -0.140. The number of nitrogens with zero attached hydrogens (tertiary/aromatic N) is 1. The third kappa shape index (κ3) is 12.1. The Labute approximate surface area is 118 Å². The van der Waals surface area contributed by atoms with Gasteiger partial charge in [0.15, 0.2) is 0 Å². The van der Waals surface area contributed by atoms with Gasteiger partial charge in [-0.2, -0.15) is 5.26 Å². The van der Waals surface area contributed by atoms with Crippen LogP contribution in [0.15, 0.2) is 36.5 Å². The lowest BCUT2D eigenvalue weighted by Crippen LogP contribution is -2.08. The summed E-state index contributed by atoms with van der Waals surface area (Å²) in [4.78, 5) is 21.1. The third-order valence-electron chi connectivity index (χ3n) is 1.70. The van der Waals surface area contributed by atoms with E-state index in [1.165, 1.54) is 13.2 Å². The fourth-order valence-corrected chi connectivity index (χ4v) is 0.743. The number of methoxy groups -OCH3 is 1. The van der Waals surface area contributed by atoms with Crippen molar-refractivity contribution in [3.05, 3.63) is 36.5 Å². The molecular weight excluding hydrogens is 262 g/mol. The maximum absolute atomic E-state index is 10.7. The number of carbonyl (C=O) groups is 2. The number of aliphatic hydroxyl groups is 1. The molecule has 0 aliphatic heterocycles. The van der Waals surface area contributed by atoms with Gasteiger partial charge in [0.05, 0.1) is 19.8 Å². The van der Waals surface area contributed by atoms with Gasteiger partial charge < -0.3 is 14.6 Å². The Bertz CT molecular complexity index is 418. The summed E-state index contributed by atoms with van der Waals surface area (Å²) < 4.78 is 8.85. The summed E-state index contributed by atoms with van der Waals surface area (Å²) in [5.74, 6) is -0.892. The Morgan fingerprint density at radius 2 is 1.95 bits per heavy atom. The number of rotatable bonds is 6. The third-order valence-corrected chi connectivity index (χ3v) is 1.70. The highest BCUT2D eigenvalue weighted by Crippen LogP contribution is 2.00. The first-order valence-corrected chi connectivity index (χ1v) is 5.64. The topological polar surface area (TPSA) is 96.6 Å². The molecule has 110 valence electrons. The smallest absolute Gasteiger partial charge is 0.333 e. The van der Waals surface area contributed by atoms with Crippen LogP contribution in [0.2, 0.25) is 0 Å². The van der Waals surface area contributed by atoms with Crippen LogP contribution < -0.4 is 0 Å². The molecule has 0 rings (SSSR count). The Hall–Kier alpha value is -2.39. The lowest BCUT2D eigenvalue weighted by Gasteiger charge is -1.99. The predicted molar refractivity (Wildman–Crippen MR) is 73.4 cm³/mol. The minimum atomic E-state index is -0.455. The van der Waals surface area contributed by atoms with Gasteiger partial charge in [0, 0.05) is 17.2 Å². The second-order valence-electron chi connectivity index (χ2n) is 3.47. The van der Waals surface area contributed by atoms with Gasteiger partial charge >= 0.3 is 11.9 Å². The van der Waals surface area contributed by atoms with Gasteiger partial charge in [-0.1, -0.05) is 19.2 Å². The molecule has 0 aliphatic rings. The van der Waals surface area contributed by atoms with E-state index in [1.807, 2.05) is 0 Å². The van der Waals surface area contributed by atoms with Crippen molar-refractivity contribution in [1.82, 2.24) is 0 Å². The molecule has 20 heavy (non-hydrogen) atoms. The molecule has 0 spiro atoms. The molecule has 0 aromatic heterocycles. The number of hydrogen-bond acceptors (Lipinski definition) is 6. The van der Waals surface area contributed by atoms with E-state index in [0.29, 0.717) is 17.6 Å². The quantitative estimate of drug-likeness (QED) is 0.447. The summed E-state index contributed by atoms with van der Waals surface area (Å²) in [7, 11) is 1.29. The van der Waals surface area contributed by atoms with Gasteiger partial charge in [-0.15, -0.1) is 0 Å². The second-order valence-corrected chi connectivity index (χ2v) is 3.47. The van der Waals surface area contributed by atoms with Gasteiger partial charge in [0.25, 0.3) is 0 Å². The fraction of sp³-hybridized carbons (Fsp3) is 0.357. The van der Waals surface area contributed by atoms with Crippen LogP contribution in [0.25, 0.3) is 0 Å². The highest BCUT2D eigenvalue weighted by Gasteiger charge is 2.02. The summed E-state index contributed by atoms with van der Waals surface area (Å²) in [6.45, 7) is 8.28. The molecule has 6 heteroatoms. The normalized spacial score (nSPS) is 8.90. The number of allylic oxidation sites excluding steroid dienone is 2. The predicted octanol–water partition coefficient (Wildman–Crippen LogP) is 1.28. The largest absolute Gasteiger partial charge is 0.466 e. The van der Waals surface area contributed by atoms with E-state index in [1.54, 1.807) is 19.1 Å². The average molecular weight is 281 g/mol. The molecule has 0 bridgehead atoms. The molecule has 0 unspecified atom stereocenters. The van der Waals surface area contributed by atoms with Crippen LogP contribution in [-0.4, -0.2) is 37.4 Å². The summed E-state index contributed by atoms with van der Waals surface area (Å²) >= 11 is 0. The maximum Gasteiger partial charge on any atom is 0.333 e. The Morgan fingerprint density at radius 3 is 2.35 bits per heavy atom. The van der Waals surface area contributed by atoms with Gasteiger partial charge in [0.1, 0.15) is 6.61 Å². The number of ether oxygens (including phenoxy) is 2. The standard InChI is InChI=1S/C8H9NO2.C6H10O3/c1-7(8(10)11-2)5-3-4-6-9;1-5(2)6(8)9-4-3-7/h3-4H,1,5H2,2H3;7H,1,3-4H2,2H3. The average Bonchev–Trinajstić information content (AvgIpc) is 2.44. The van der Waals surface area contributed by atoms with Crippen LogP contribution >= 0.6 is 0 Å². The monoisotopic (exact) mass is 281 g/mol. The van der Waals surface area contributed by atoms with E-state index in [-0.39, 0.29) is 13.2 Å². The molecule has 0 aliphatic carbocycles. The summed E-state index contributed by atoms with van der Waals surface area (Å²) in [5.41, 5.74) is 0.697. The number of esters is 2. The van der Waals surface area contributed by atoms with Crippen LogP contribution in [0.4, 0.5) is 0 Å². The van der Waals surface area contributed by atoms with Crippen molar-refractivity contribution in [3.63, 3.8) is 0 Å². The molecule has 0 amide bonds. The molecule has 1 N–H and O–H groups in total. The first-order valence-electron chi connectivity index (χ1n) is 5.64. The molecule has 0 radical (unpaired) electrons. The van der Waals surface area contributed by atoms with Crippen molar-refractivity contribution in [2.24, 2.45) is 0 Å². The van der Waals surface area contributed by atoms with E-state index >= 15 is 0 Å². The molecule has 0 fully saturated rings. The molecule has 0 aromatic rings. The highest BCUT2D eigenvalue weighted by atomic mass is 16.5. The summed E-state index contributed by atoms with van der Waals surface area (Å²) in [6, 6.07) is 1.81. The van der Waals surface area contributed by atoms with Gasteiger partial charge in [0.2, 0.25) is 0 Å². The van der Waals surface area contributed by atoms with Crippen molar-refractivity contribution in [2.45, 2.75) is 13.3 Å². The second kappa shape index (κ2) is 13.1. The number of hydrogen-bond donors (Lipinski definition) is 1. The fourth-order valence-electron chi connectivity index (χ4n) is 0.743. The zero-order chi connectivity index (χ0) is 16.0. The van der Waals surface area contributed by atoms with E-state index in [9.17, 15) is 9.59 Å². The van der Waals surface area contributed by atoms with Gasteiger partial charge in [-0.3, -0.25) is 0 Å². The molecule has 0 saturated heterocycles. The molecule has 0 atom stereocenters. The zero-order valence-corrected chi connectivity index (χ0v) is 11.7. The molecule has 0 saturated carbocycles. The van der Waals surface area contributed by atoms with Crippen molar-refractivity contribution in [1.29, 1.82) is 5.26 Å². The highest BCUT2D eigenvalue weighted by molar-refractivity contribution is 5.87. The van der Waals surface area contributed by atoms with Crippen LogP contribution in [0, 0.1) is 11.3 Å². The first kappa shape index (κ1) is 19.9.